The number of ether oxygens (including phenoxy) is 5. The van der Waals surface area contributed by atoms with Gasteiger partial charge in [-0.05, 0) is 92.8 Å². The van der Waals surface area contributed by atoms with Crippen molar-refractivity contribution in [2.45, 2.75) is 238 Å². The van der Waals surface area contributed by atoms with Gasteiger partial charge in [-0.15, -0.1) is 0 Å². The lowest BCUT2D eigenvalue weighted by Gasteiger charge is -2.29. The lowest BCUT2D eigenvalue weighted by Crippen LogP contribution is -2.28. The van der Waals surface area contributed by atoms with E-state index >= 15 is 0 Å². The average molecular weight is 1160 g/mol. The Kier molecular flexibility index (Phi) is 44.2. The molecule has 4 rings (SSSR count). The van der Waals surface area contributed by atoms with E-state index in [4.69, 9.17) is 23.7 Å². The van der Waals surface area contributed by atoms with E-state index in [-0.39, 0.29) is 80.4 Å². The normalized spacial score (nSPS) is 14.9. The fraction of sp³-hybridized carbons (Fsp3) is 0.791. The molecule has 0 bridgehead atoms. The molecule has 1 fully saturated rings. The van der Waals surface area contributed by atoms with Crippen molar-refractivity contribution in [3.05, 3.63) is 58.0 Å². The van der Waals surface area contributed by atoms with Crippen molar-refractivity contribution in [1.29, 1.82) is 0 Å². The number of nitrogens with zero attached hydrogens (tertiary/aromatic N) is 5. The largest absolute Gasteiger partial charge is 0.385 e. The Balaban J connectivity index is -0.000000447. The summed E-state index contributed by atoms with van der Waals surface area (Å²) in [4.78, 5) is 58.8. The molecule has 2 aromatic rings. The summed E-state index contributed by atoms with van der Waals surface area (Å²) in [5, 5.41) is 7.68. The summed E-state index contributed by atoms with van der Waals surface area (Å²) in [5.41, 5.74) is 2.71. The van der Waals surface area contributed by atoms with Crippen LogP contribution in [-0.2, 0) is 51.3 Å². The van der Waals surface area contributed by atoms with E-state index < -0.39 is 0 Å². The highest BCUT2D eigenvalue weighted by Gasteiger charge is 2.25. The highest BCUT2D eigenvalue weighted by molar-refractivity contribution is 5.98. The number of Topliss-reactive ketones (excluding diaryl/α,β-unsaturated/α-hetero) is 3. The Morgan fingerprint density at radius 1 is 0.707 bits per heavy atom. The second-order valence-electron chi connectivity index (χ2n) is 27.7. The van der Waals surface area contributed by atoms with Crippen molar-refractivity contribution in [2.24, 2.45) is 54.5 Å². The van der Waals surface area contributed by atoms with Gasteiger partial charge < -0.3 is 33.6 Å². The summed E-state index contributed by atoms with van der Waals surface area (Å²) in [6.07, 6.45) is 13.6. The Labute approximate surface area is 502 Å². The van der Waals surface area contributed by atoms with Gasteiger partial charge in [-0.3, -0.25) is 19.2 Å². The zero-order valence-corrected chi connectivity index (χ0v) is 55.3. The van der Waals surface area contributed by atoms with Crippen LogP contribution in [0.1, 0.15) is 229 Å². The van der Waals surface area contributed by atoms with Crippen molar-refractivity contribution in [3.8, 4) is 0 Å². The number of H-pyrrole nitrogens is 1. The number of carbonyl (C=O) groups is 3. The summed E-state index contributed by atoms with van der Waals surface area (Å²) < 4.78 is 26.4. The van der Waals surface area contributed by atoms with Gasteiger partial charge in [-0.25, -0.2) is 9.97 Å². The molecule has 0 aliphatic carbocycles. The second-order valence-corrected chi connectivity index (χ2v) is 27.7. The Morgan fingerprint density at radius 2 is 1.20 bits per heavy atom. The maximum absolute atomic E-state index is 11.6. The number of aryl methyl sites for hydroxylation is 1. The zero-order valence-electron chi connectivity index (χ0n) is 55.3. The lowest BCUT2D eigenvalue weighted by atomic mass is 9.80. The molecule has 4 heterocycles. The third-order valence-electron chi connectivity index (χ3n) is 13.9. The molecule has 2 aliphatic heterocycles. The SMILES string of the molecule is C.C.CC(C)(C)C(=O)COCCC1=NN=CC1.CC(C)(C)C(=O)COCc1cccc(=O)[nH]1.CC(C)(C)CC1CCCO1.CCN(CC)CCC(C)C(C)(C)C.COCCC(C)C(C)(C)C.Cc1ncc(COCC(=O)C(C)(C)C)cn1. The van der Waals surface area contributed by atoms with Gasteiger partial charge in [0.05, 0.1) is 25.9 Å². The number of hydrogen-bond donors (Lipinski definition) is 1. The van der Waals surface area contributed by atoms with Crippen molar-refractivity contribution in [2.75, 3.05) is 66.4 Å². The molecule has 3 atom stereocenters. The number of aromatic nitrogens is 3. The van der Waals surface area contributed by atoms with Gasteiger partial charge in [0, 0.05) is 91.1 Å². The van der Waals surface area contributed by atoms with Crippen LogP contribution in [-0.4, -0.2) is 122 Å². The first kappa shape index (κ1) is 84.6. The number of ketones is 3. The average Bonchev–Trinajstić information content (AvgIpc) is 4.07. The zero-order chi connectivity index (χ0) is 62.0. The number of nitrogens with one attached hydrogen (secondary N) is 1. The van der Waals surface area contributed by atoms with Crippen LogP contribution in [0.5, 0.6) is 0 Å². The van der Waals surface area contributed by atoms with Crippen molar-refractivity contribution < 1.29 is 38.1 Å². The topological polar surface area (TPSA) is 184 Å². The van der Waals surface area contributed by atoms with E-state index in [1.54, 1.807) is 37.9 Å². The molecule has 0 amide bonds. The molecule has 15 nitrogen and oxygen atoms in total. The van der Waals surface area contributed by atoms with Crippen LogP contribution in [0.2, 0.25) is 0 Å². The summed E-state index contributed by atoms with van der Waals surface area (Å²) in [7, 11) is 1.76. The maximum Gasteiger partial charge on any atom is 0.248 e. The van der Waals surface area contributed by atoms with Crippen molar-refractivity contribution >= 4 is 29.3 Å². The molecule has 0 spiro atoms. The first-order chi connectivity index (χ1) is 36.8. The van der Waals surface area contributed by atoms with E-state index in [2.05, 4.69) is 120 Å². The summed E-state index contributed by atoms with van der Waals surface area (Å²) in [6, 6.07) is 4.84. The number of carbonyl (C=O) groups excluding carboxylic acids is 3. The van der Waals surface area contributed by atoms with Crippen molar-refractivity contribution in [3.63, 3.8) is 0 Å². The van der Waals surface area contributed by atoms with E-state index in [1.165, 1.54) is 57.8 Å². The summed E-state index contributed by atoms with van der Waals surface area (Å²) in [6.45, 7) is 55.5. The van der Waals surface area contributed by atoms with Crippen LogP contribution in [0.15, 0.2) is 45.6 Å². The maximum atomic E-state index is 11.6. The summed E-state index contributed by atoms with van der Waals surface area (Å²) >= 11 is 0. The fourth-order valence-electron chi connectivity index (χ4n) is 6.62. The Morgan fingerprint density at radius 3 is 1.60 bits per heavy atom. The van der Waals surface area contributed by atoms with Crippen LogP contribution < -0.4 is 5.56 Å². The first-order valence-electron chi connectivity index (χ1n) is 29.5. The Hall–Kier alpha value is -3.86. The predicted octanol–water partition coefficient (Wildman–Crippen LogP) is 15.2. The molecule has 2 aromatic heterocycles. The van der Waals surface area contributed by atoms with Gasteiger partial charge in [-0.1, -0.05) is 173 Å². The quantitative estimate of drug-likeness (QED) is 0.110. The number of hydrogen-bond acceptors (Lipinski definition) is 14. The molecule has 3 unspecified atom stereocenters. The van der Waals surface area contributed by atoms with Crippen molar-refractivity contribution in [1.82, 2.24) is 19.9 Å². The molecule has 2 aliphatic rings. The van der Waals surface area contributed by atoms with E-state index in [0.717, 1.165) is 55.0 Å². The first-order valence-corrected chi connectivity index (χ1v) is 29.5. The molecule has 82 heavy (non-hydrogen) atoms. The van der Waals surface area contributed by atoms with Crippen LogP contribution in [0, 0.1) is 51.2 Å². The number of pyridine rings is 1. The van der Waals surface area contributed by atoms with Gasteiger partial charge in [0.2, 0.25) is 5.56 Å². The van der Waals surface area contributed by atoms with Crippen LogP contribution >= 0.6 is 0 Å². The predicted molar refractivity (Wildman–Crippen MR) is 345 cm³/mol. The molecule has 0 radical (unpaired) electrons. The smallest absolute Gasteiger partial charge is 0.248 e. The molecule has 0 aromatic carbocycles. The van der Waals surface area contributed by atoms with E-state index in [1.807, 2.05) is 69.2 Å². The highest BCUT2D eigenvalue weighted by Crippen LogP contribution is 2.29. The number of aromatic amines is 1. The van der Waals surface area contributed by atoms with Crippen LogP contribution in [0.3, 0.4) is 0 Å². The van der Waals surface area contributed by atoms with Crippen LogP contribution in [0.25, 0.3) is 0 Å². The molecule has 0 saturated carbocycles. The van der Waals surface area contributed by atoms with Gasteiger partial charge in [0.25, 0.3) is 0 Å². The van der Waals surface area contributed by atoms with E-state index in [9.17, 15) is 19.2 Å². The third kappa shape index (κ3) is 45.6. The van der Waals surface area contributed by atoms with Gasteiger partial charge in [-0.2, -0.15) is 10.2 Å². The molecule has 478 valence electrons. The van der Waals surface area contributed by atoms with Crippen LogP contribution in [0.4, 0.5) is 0 Å². The Bertz CT molecular complexity index is 2080. The molecule has 15 heteroatoms. The number of methoxy groups -OCH3 is 1. The molecule has 1 N–H and O–H groups in total. The fourth-order valence-corrected chi connectivity index (χ4v) is 6.62. The highest BCUT2D eigenvalue weighted by atomic mass is 16.5. The van der Waals surface area contributed by atoms with Gasteiger partial charge >= 0.3 is 0 Å². The number of rotatable bonds is 22. The molecular formula is C67H126N6O9. The van der Waals surface area contributed by atoms with Gasteiger partial charge in [0.15, 0.2) is 17.3 Å². The standard InChI is InChI=1S/C12H18N2O2.C12H17NO3.C12H27N.C11H18N2O2.C9H18O.C9H20O.2CH4/c1-9-13-5-10(6-14-9)7-16-8-11(15)12(2,3)4;1-12(2,3)10(14)8-16-7-9-5-4-6-11(15)13-9;1-7-13(8-2)10-9-11(3)12(4,5)6;1-11(2,3)10(14)8-15-7-5-9-4-6-12-13-9;1-9(2,3)7-8-5-4-6-10-8;1-8(6-7-10-5)9(2,3)4;;/h5-6H,7-8H2,1-4H3;4-6H,7-8H2,1-3H3,(H,13,15);11H,7-10H2,1-6H3;6H,4-5,7-8H2,1-3H3;8H,4-7H2,1-3H3;8H,6-7H2,1-5H3;2*1H4. The summed E-state index contributed by atoms with van der Waals surface area (Å²) in [5.74, 6) is 2.56. The lowest BCUT2D eigenvalue weighted by molar-refractivity contribution is -0.132. The monoisotopic (exact) mass is 1160 g/mol. The van der Waals surface area contributed by atoms with Gasteiger partial charge in [0.1, 0.15) is 25.6 Å². The third-order valence-corrected chi connectivity index (χ3v) is 13.9. The minimum absolute atomic E-state index is 0. The minimum Gasteiger partial charge on any atom is -0.385 e. The van der Waals surface area contributed by atoms with E-state index in [0.29, 0.717) is 41.3 Å². The molecular weight excluding hydrogens is 1030 g/mol. The second kappa shape index (κ2) is 42.9. The minimum atomic E-state index is -0.385. The molecule has 1 saturated heterocycles.